The van der Waals surface area contributed by atoms with Crippen molar-refractivity contribution in [1.82, 2.24) is 9.21 Å². The normalized spacial score (nSPS) is 25.6. The average molecular weight is 480 g/mol. The number of sulfonamides is 1. The molecule has 1 saturated carbocycles. The van der Waals surface area contributed by atoms with E-state index in [2.05, 4.69) is 0 Å². The summed E-state index contributed by atoms with van der Waals surface area (Å²) >= 11 is 17.6. The summed E-state index contributed by atoms with van der Waals surface area (Å²) in [6.45, 7) is 1.73. The fourth-order valence-electron chi connectivity index (χ4n) is 3.14. The molecule has 2 aliphatic rings. The second-order valence-electron chi connectivity index (χ2n) is 7.05. The van der Waals surface area contributed by atoms with Gasteiger partial charge in [-0.25, -0.2) is 8.42 Å². The van der Waals surface area contributed by atoms with Crippen LogP contribution in [0.2, 0.25) is 5.02 Å². The van der Waals surface area contributed by atoms with E-state index in [0.717, 1.165) is 16.4 Å². The van der Waals surface area contributed by atoms with Crippen molar-refractivity contribution >= 4 is 50.7 Å². The van der Waals surface area contributed by atoms with Gasteiger partial charge in [-0.1, -0.05) is 11.6 Å². The van der Waals surface area contributed by atoms with E-state index in [4.69, 9.17) is 34.8 Å². The molecule has 3 rings (SSSR count). The molecule has 2 fully saturated rings. The predicted molar refractivity (Wildman–Crippen MR) is 99.0 cm³/mol. The maximum Gasteiger partial charge on any atom is 0.417 e. The summed E-state index contributed by atoms with van der Waals surface area (Å²) in [6, 6.07) is 2.46. The molecule has 28 heavy (non-hydrogen) atoms. The van der Waals surface area contributed by atoms with Crippen LogP contribution in [-0.4, -0.2) is 54.0 Å². The highest BCUT2D eigenvalue weighted by Gasteiger charge is 2.68. The Morgan fingerprint density at radius 1 is 1.14 bits per heavy atom. The minimum absolute atomic E-state index is 0.0499. The van der Waals surface area contributed by atoms with Crippen LogP contribution in [0.25, 0.3) is 0 Å². The minimum Gasteiger partial charge on any atom is -0.339 e. The lowest BCUT2D eigenvalue weighted by atomic mass is 10.1. The largest absolute Gasteiger partial charge is 0.417 e. The predicted octanol–water partition coefficient (Wildman–Crippen LogP) is 3.78. The summed E-state index contributed by atoms with van der Waals surface area (Å²) in [5.41, 5.74) is -2.12. The van der Waals surface area contributed by atoms with E-state index in [-0.39, 0.29) is 32.1 Å². The molecule has 1 aliphatic heterocycles. The quantitative estimate of drug-likeness (QED) is 0.620. The van der Waals surface area contributed by atoms with Gasteiger partial charge in [0.1, 0.15) is 4.33 Å². The third kappa shape index (κ3) is 3.71. The maximum atomic E-state index is 13.0. The van der Waals surface area contributed by atoms with Gasteiger partial charge in [0.05, 0.1) is 20.9 Å². The molecule has 1 heterocycles. The van der Waals surface area contributed by atoms with Gasteiger partial charge in [0.2, 0.25) is 15.9 Å². The Kier molecular flexibility index (Phi) is 5.41. The zero-order valence-corrected chi connectivity index (χ0v) is 17.6. The molecule has 1 saturated heterocycles. The lowest BCUT2D eigenvalue weighted by Crippen LogP contribution is -2.52. The smallest absolute Gasteiger partial charge is 0.339 e. The van der Waals surface area contributed by atoms with Gasteiger partial charge < -0.3 is 4.90 Å². The Balaban J connectivity index is 1.75. The first-order valence-electron chi connectivity index (χ1n) is 8.24. The van der Waals surface area contributed by atoms with Gasteiger partial charge in [-0.15, -0.1) is 23.2 Å². The first-order chi connectivity index (χ1) is 12.7. The van der Waals surface area contributed by atoms with Crippen molar-refractivity contribution in [3.05, 3.63) is 28.8 Å². The van der Waals surface area contributed by atoms with E-state index in [1.807, 2.05) is 0 Å². The minimum atomic E-state index is -4.77. The SMILES string of the molecule is C[C@@]1(C(=O)N2CCN(S(=O)(=O)c3ccc(Cl)c(C(F)(F)F)c3)CC2)CC1(Cl)Cl. The van der Waals surface area contributed by atoms with E-state index in [0.29, 0.717) is 12.5 Å². The topological polar surface area (TPSA) is 57.7 Å². The second-order valence-corrected chi connectivity index (χ2v) is 10.9. The summed E-state index contributed by atoms with van der Waals surface area (Å²) in [7, 11) is -4.17. The number of hydrogen-bond donors (Lipinski definition) is 0. The molecular formula is C16H16Cl3F3N2O3S. The van der Waals surface area contributed by atoms with Crippen LogP contribution in [-0.2, 0) is 21.0 Å². The standard InChI is InChI=1S/C16H16Cl3F3N2O3S/c1-14(9-15(14,18)19)13(25)23-4-6-24(7-5-23)28(26,27)10-2-3-12(17)11(8-10)16(20,21)22/h2-3,8H,4-7,9H2,1H3/t14-/m0/s1. The molecule has 5 nitrogen and oxygen atoms in total. The van der Waals surface area contributed by atoms with Gasteiger partial charge in [-0.3, -0.25) is 4.79 Å². The Bertz CT molecular complexity index is 915. The molecule has 0 aromatic heterocycles. The number of rotatable bonds is 3. The van der Waals surface area contributed by atoms with Crippen molar-refractivity contribution in [3.63, 3.8) is 0 Å². The third-order valence-corrected chi connectivity index (χ3v) is 8.46. The van der Waals surface area contributed by atoms with Gasteiger partial charge in [0, 0.05) is 26.2 Å². The molecule has 0 unspecified atom stereocenters. The van der Waals surface area contributed by atoms with Crippen molar-refractivity contribution in [2.24, 2.45) is 5.41 Å². The number of alkyl halides is 5. The van der Waals surface area contributed by atoms with Crippen molar-refractivity contribution in [2.45, 2.75) is 28.7 Å². The number of benzene rings is 1. The van der Waals surface area contributed by atoms with Crippen LogP contribution >= 0.6 is 34.8 Å². The average Bonchev–Trinajstić information content (AvgIpc) is 3.12. The molecule has 0 radical (unpaired) electrons. The van der Waals surface area contributed by atoms with Crippen LogP contribution < -0.4 is 0 Å². The van der Waals surface area contributed by atoms with E-state index in [1.54, 1.807) is 6.92 Å². The van der Waals surface area contributed by atoms with Gasteiger partial charge in [-0.05, 0) is 31.5 Å². The van der Waals surface area contributed by atoms with Crippen LogP contribution in [0, 0.1) is 5.41 Å². The lowest BCUT2D eigenvalue weighted by molar-refractivity contribution is -0.138. The first-order valence-corrected chi connectivity index (χ1v) is 10.8. The number of carbonyl (C=O) groups is 1. The summed E-state index contributed by atoms with van der Waals surface area (Å²) in [4.78, 5) is 13.5. The molecule has 1 aliphatic carbocycles. The van der Waals surface area contributed by atoms with E-state index < -0.39 is 41.4 Å². The lowest BCUT2D eigenvalue weighted by Gasteiger charge is -2.35. The number of carbonyl (C=O) groups excluding carboxylic acids is 1. The number of halogens is 6. The van der Waals surface area contributed by atoms with E-state index >= 15 is 0 Å². The Morgan fingerprint density at radius 2 is 1.68 bits per heavy atom. The van der Waals surface area contributed by atoms with Gasteiger partial charge in [0.25, 0.3) is 0 Å². The second kappa shape index (κ2) is 6.91. The van der Waals surface area contributed by atoms with Crippen molar-refractivity contribution < 1.29 is 26.4 Å². The number of nitrogens with zero attached hydrogens (tertiary/aromatic N) is 2. The summed E-state index contributed by atoms with van der Waals surface area (Å²) in [6.07, 6.45) is -4.46. The highest BCUT2D eigenvalue weighted by molar-refractivity contribution is 7.89. The molecule has 1 aromatic carbocycles. The van der Waals surface area contributed by atoms with E-state index in [9.17, 15) is 26.4 Å². The molecule has 156 valence electrons. The molecule has 12 heteroatoms. The molecule has 0 bridgehead atoms. The molecule has 0 N–H and O–H groups in total. The third-order valence-electron chi connectivity index (χ3n) is 5.14. The van der Waals surface area contributed by atoms with Crippen LogP contribution in [0.5, 0.6) is 0 Å². The molecule has 1 aromatic rings. The fraction of sp³-hybridized carbons (Fsp3) is 0.562. The first kappa shape index (κ1) is 22.0. The molecule has 1 atom stereocenters. The molecule has 0 spiro atoms. The Labute approximate surface area is 175 Å². The summed E-state index contributed by atoms with van der Waals surface area (Å²) < 4.78 is 64.4. The molecule has 1 amide bonds. The highest BCUT2D eigenvalue weighted by Crippen LogP contribution is 2.64. The van der Waals surface area contributed by atoms with Crippen molar-refractivity contribution in [2.75, 3.05) is 26.2 Å². The van der Waals surface area contributed by atoms with Crippen LogP contribution in [0.15, 0.2) is 23.1 Å². The van der Waals surface area contributed by atoms with Crippen molar-refractivity contribution in [3.8, 4) is 0 Å². The summed E-state index contributed by atoms with van der Waals surface area (Å²) in [5, 5.41) is -0.579. The zero-order valence-electron chi connectivity index (χ0n) is 14.6. The Hall–Kier alpha value is -0.740. The Morgan fingerprint density at radius 3 is 2.14 bits per heavy atom. The molecular weight excluding hydrogens is 464 g/mol. The highest BCUT2D eigenvalue weighted by atomic mass is 35.5. The fourth-order valence-corrected chi connectivity index (χ4v) is 5.51. The number of hydrogen-bond acceptors (Lipinski definition) is 3. The van der Waals surface area contributed by atoms with Crippen LogP contribution in [0.3, 0.4) is 0 Å². The van der Waals surface area contributed by atoms with Crippen LogP contribution in [0.1, 0.15) is 18.9 Å². The monoisotopic (exact) mass is 478 g/mol. The van der Waals surface area contributed by atoms with E-state index in [1.165, 1.54) is 4.90 Å². The number of amides is 1. The van der Waals surface area contributed by atoms with Gasteiger partial charge in [0.15, 0.2) is 0 Å². The van der Waals surface area contributed by atoms with Gasteiger partial charge in [-0.2, -0.15) is 17.5 Å². The summed E-state index contributed by atoms with van der Waals surface area (Å²) in [5.74, 6) is -0.264. The van der Waals surface area contributed by atoms with Crippen LogP contribution in [0.4, 0.5) is 13.2 Å². The zero-order chi connectivity index (χ0) is 21.1. The van der Waals surface area contributed by atoms with Crippen molar-refractivity contribution in [1.29, 1.82) is 0 Å². The van der Waals surface area contributed by atoms with Gasteiger partial charge >= 0.3 is 6.18 Å². The maximum absolute atomic E-state index is 13.0. The number of piperazine rings is 1.